The predicted octanol–water partition coefficient (Wildman–Crippen LogP) is 2.23. The quantitative estimate of drug-likeness (QED) is 0.862. The van der Waals surface area contributed by atoms with Crippen LogP contribution in [0.15, 0.2) is 23.2 Å². The van der Waals surface area contributed by atoms with E-state index in [1.165, 1.54) is 0 Å². The van der Waals surface area contributed by atoms with Gasteiger partial charge in [0.15, 0.2) is 5.17 Å². The van der Waals surface area contributed by atoms with Crippen LogP contribution in [0.3, 0.4) is 0 Å². The molecule has 1 aromatic rings. The minimum absolute atomic E-state index is 0.296. The van der Waals surface area contributed by atoms with Crippen LogP contribution in [0.2, 0.25) is 0 Å². The van der Waals surface area contributed by atoms with Gasteiger partial charge in [0.2, 0.25) is 0 Å². The van der Waals surface area contributed by atoms with Crippen molar-refractivity contribution in [2.45, 2.75) is 6.92 Å². The van der Waals surface area contributed by atoms with E-state index < -0.39 is 0 Å². The SMILES string of the molecule is COc1cccc(C)c1NC(=O)NC1=NCCS1. The number of aryl methyl sites for hydroxylation is 1. The average molecular weight is 265 g/mol. The molecule has 0 aromatic heterocycles. The third kappa shape index (κ3) is 2.95. The maximum Gasteiger partial charge on any atom is 0.325 e. The number of rotatable bonds is 2. The fraction of sp³-hybridized carbons (Fsp3) is 0.333. The number of benzene rings is 1. The second kappa shape index (κ2) is 5.77. The molecule has 2 N–H and O–H groups in total. The van der Waals surface area contributed by atoms with Crippen molar-refractivity contribution in [2.75, 3.05) is 24.7 Å². The predicted molar refractivity (Wildman–Crippen MR) is 74.6 cm³/mol. The van der Waals surface area contributed by atoms with E-state index in [0.717, 1.165) is 17.9 Å². The topological polar surface area (TPSA) is 62.7 Å². The summed E-state index contributed by atoms with van der Waals surface area (Å²) in [7, 11) is 1.58. The molecule has 0 unspecified atom stereocenters. The van der Waals surface area contributed by atoms with Gasteiger partial charge in [0.05, 0.1) is 19.3 Å². The molecule has 2 rings (SSSR count). The second-order valence-corrected chi connectivity index (χ2v) is 4.85. The molecule has 0 saturated heterocycles. The van der Waals surface area contributed by atoms with E-state index >= 15 is 0 Å². The summed E-state index contributed by atoms with van der Waals surface area (Å²) in [5.41, 5.74) is 1.63. The molecule has 0 radical (unpaired) electrons. The Bertz CT molecular complexity index is 488. The van der Waals surface area contributed by atoms with E-state index in [4.69, 9.17) is 4.74 Å². The number of methoxy groups -OCH3 is 1. The van der Waals surface area contributed by atoms with Gasteiger partial charge in [-0.3, -0.25) is 10.3 Å². The average Bonchev–Trinajstić information content (AvgIpc) is 2.84. The highest BCUT2D eigenvalue weighted by Crippen LogP contribution is 2.27. The zero-order chi connectivity index (χ0) is 13.0. The van der Waals surface area contributed by atoms with E-state index in [1.54, 1.807) is 18.9 Å². The molecule has 0 saturated carbocycles. The third-order valence-corrected chi connectivity index (χ3v) is 3.39. The Kier molecular flexibility index (Phi) is 4.09. The van der Waals surface area contributed by atoms with Crippen LogP contribution < -0.4 is 15.4 Å². The summed E-state index contributed by atoms with van der Waals surface area (Å²) in [4.78, 5) is 16.0. The molecule has 1 aliphatic heterocycles. The second-order valence-electron chi connectivity index (χ2n) is 3.77. The Balaban J connectivity index is 2.06. The summed E-state index contributed by atoms with van der Waals surface area (Å²) in [6, 6.07) is 5.31. The lowest BCUT2D eigenvalue weighted by Crippen LogP contribution is -2.32. The fourth-order valence-electron chi connectivity index (χ4n) is 1.62. The molecule has 6 heteroatoms. The first-order valence-electron chi connectivity index (χ1n) is 5.59. The molecule has 96 valence electrons. The Morgan fingerprint density at radius 2 is 2.28 bits per heavy atom. The lowest BCUT2D eigenvalue weighted by molar-refractivity contribution is 0.256. The molecule has 18 heavy (non-hydrogen) atoms. The number of anilines is 1. The molecular formula is C12H15N3O2S. The molecule has 0 bridgehead atoms. The Labute approximate surface area is 110 Å². The number of carbonyl (C=O) groups excluding carboxylic acids is 1. The number of ether oxygens (including phenoxy) is 1. The van der Waals surface area contributed by atoms with Crippen LogP contribution in [0.1, 0.15) is 5.56 Å². The number of hydrogen-bond acceptors (Lipinski definition) is 4. The number of carbonyl (C=O) groups is 1. The number of nitrogens with one attached hydrogen (secondary N) is 2. The van der Waals surface area contributed by atoms with E-state index in [2.05, 4.69) is 15.6 Å². The summed E-state index contributed by atoms with van der Waals surface area (Å²) in [6.07, 6.45) is 0. The third-order valence-electron chi connectivity index (χ3n) is 2.50. The highest BCUT2D eigenvalue weighted by molar-refractivity contribution is 8.14. The van der Waals surface area contributed by atoms with Gasteiger partial charge < -0.3 is 10.1 Å². The lowest BCUT2D eigenvalue weighted by atomic mass is 10.2. The van der Waals surface area contributed by atoms with E-state index in [1.807, 2.05) is 25.1 Å². The van der Waals surface area contributed by atoms with Gasteiger partial charge in [0, 0.05) is 5.75 Å². The summed E-state index contributed by atoms with van der Waals surface area (Å²) in [5, 5.41) is 6.17. The molecular weight excluding hydrogens is 250 g/mol. The Morgan fingerprint density at radius 3 is 2.94 bits per heavy atom. The van der Waals surface area contributed by atoms with Crippen LogP contribution in [0.25, 0.3) is 0 Å². The largest absolute Gasteiger partial charge is 0.495 e. The van der Waals surface area contributed by atoms with Crippen LogP contribution in [0, 0.1) is 6.92 Å². The van der Waals surface area contributed by atoms with Crippen molar-refractivity contribution in [2.24, 2.45) is 4.99 Å². The first-order valence-corrected chi connectivity index (χ1v) is 6.58. The van der Waals surface area contributed by atoms with Crippen LogP contribution in [-0.2, 0) is 0 Å². The number of thioether (sulfide) groups is 1. The normalized spacial score (nSPS) is 14.0. The minimum Gasteiger partial charge on any atom is -0.495 e. The van der Waals surface area contributed by atoms with Gasteiger partial charge in [-0.15, -0.1) is 0 Å². The van der Waals surface area contributed by atoms with E-state index in [9.17, 15) is 4.79 Å². The summed E-state index contributed by atoms with van der Waals surface area (Å²) >= 11 is 1.54. The molecule has 0 spiro atoms. The summed E-state index contributed by atoms with van der Waals surface area (Å²) in [6.45, 7) is 2.67. The first kappa shape index (κ1) is 12.8. The van der Waals surface area contributed by atoms with Gasteiger partial charge in [0.25, 0.3) is 0 Å². The van der Waals surface area contributed by atoms with Crippen LogP contribution in [0.4, 0.5) is 10.5 Å². The molecule has 5 nitrogen and oxygen atoms in total. The number of amidine groups is 1. The van der Waals surface area contributed by atoms with Crippen molar-refractivity contribution in [3.63, 3.8) is 0 Å². The standard InChI is InChI=1S/C12H15N3O2S/c1-8-4-3-5-9(17-2)10(8)14-11(16)15-12-13-6-7-18-12/h3-5H,6-7H2,1-2H3,(H2,13,14,15,16). The molecule has 0 aliphatic carbocycles. The maximum atomic E-state index is 11.8. The summed E-state index contributed by atoms with van der Waals surface area (Å²) < 4.78 is 5.22. The van der Waals surface area contributed by atoms with Gasteiger partial charge in [-0.1, -0.05) is 23.9 Å². The molecule has 1 aliphatic rings. The van der Waals surface area contributed by atoms with Gasteiger partial charge in [-0.2, -0.15) is 0 Å². The van der Waals surface area contributed by atoms with Gasteiger partial charge in [-0.05, 0) is 18.6 Å². The van der Waals surface area contributed by atoms with Crippen molar-refractivity contribution in [3.8, 4) is 5.75 Å². The van der Waals surface area contributed by atoms with Crippen molar-refractivity contribution < 1.29 is 9.53 Å². The van der Waals surface area contributed by atoms with Crippen LogP contribution >= 0.6 is 11.8 Å². The molecule has 1 heterocycles. The van der Waals surface area contributed by atoms with Crippen molar-refractivity contribution in [1.82, 2.24) is 5.32 Å². The fourth-order valence-corrected chi connectivity index (χ4v) is 2.35. The number of urea groups is 1. The molecule has 1 aromatic carbocycles. The zero-order valence-corrected chi connectivity index (χ0v) is 11.1. The van der Waals surface area contributed by atoms with Gasteiger partial charge in [0.1, 0.15) is 5.75 Å². The minimum atomic E-state index is -0.296. The number of amides is 2. The molecule has 2 amide bonds. The van der Waals surface area contributed by atoms with Crippen molar-refractivity contribution in [1.29, 1.82) is 0 Å². The highest BCUT2D eigenvalue weighted by Gasteiger charge is 2.13. The number of hydrogen-bond donors (Lipinski definition) is 2. The van der Waals surface area contributed by atoms with Crippen molar-refractivity contribution >= 4 is 28.6 Å². The lowest BCUT2D eigenvalue weighted by Gasteiger charge is -2.13. The number of aliphatic imine (C=N–C) groups is 1. The maximum absolute atomic E-state index is 11.8. The van der Waals surface area contributed by atoms with Crippen LogP contribution in [0.5, 0.6) is 5.75 Å². The first-order chi connectivity index (χ1) is 8.70. The van der Waals surface area contributed by atoms with Gasteiger partial charge >= 0.3 is 6.03 Å². The monoisotopic (exact) mass is 265 g/mol. The Hall–Kier alpha value is -1.69. The highest BCUT2D eigenvalue weighted by atomic mass is 32.2. The Morgan fingerprint density at radius 1 is 1.44 bits per heavy atom. The van der Waals surface area contributed by atoms with E-state index in [0.29, 0.717) is 16.6 Å². The summed E-state index contributed by atoms with van der Waals surface area (Å²) in [5.74, 6) is 1.56. The zero-order valence-electron chi connectivity index (χ0n) is 10.3. The van der Waals surface area contributed by atoms with Gasteiger partial charge in [-0.25, -0.2) is 4.79 Å². The molecule has 0 atom stereocenters. The number of nitrogens with zero attached hydrogens (tertiary/aromatic N) is 1. The van der Waals surface area contributed by atoms with Crippen LogP contribution in [-0.4, -0.2) is 30.6 Å². The van der Waals surface area contributed by atoms with Crippen molar-refractivity contribution in [3.05, 3.63) is 23.8 Å². The van der Waals surface area contributed by atoms with E-state index in [-0.39, 0.29) is 6.03 Å². The molecule has 0 fully saturated rings. The number of para-hydroxylation sites is 1. The smallest absolute Gasteiger partial charge is 0.325 e.